The van der Waals surface area contributed by atoms with E-state index in [-0.39, 0.29) is 30.8 Å². The number of carboxylic acids is 1. The van der Waals surface area contributed by atoms with Crippen molar-refractivity contribution in [3.63, 3.8) is 0 Å². The van der Waals surface area contributed by atoms with Crippen LogP contribution in [0, 0.1) is 5.92 Å². The zero-order valence-corrected chi connectivity index (χ0v) is 13.9. The van der Waals surface area contributed by atoms with Crippen molar-refractivity contribution in [3.8, 4) is 0 Å². The Morgan fingerprint density at radius 1 is 1.39 bits per heavy atom. The van der Waals surface area contributed by atoms with Gasteiger partial charge in [0.05, 0.1) is 18.6 Å². The number of carbonyl (C=O) groups excluding carboxylic acids is 1. The second-order valence-electron chi connectivity index (χ2n) is 6.26. The van der Waals surface area contributed by atoms with Crippen LogP contribution in [0.25, 0.3) is 0 Å². The number of nitrogens with one attached hydrogen (secondary N) is 1. The molecule has 23 heavy (non-hydrogen) atoms. The minimum atomic E-state index is -0.941. The second-order valence-corrected chi connectivity index (χ2v) is 7.10. The van der Waals surface area contributed by atoms with E-state index in [9.17, 15) is 9.59 Å². The van der Waals surface area contributed by atoms with Gasteiger partial charge in [-0.1, -0.05) is 29.3 Å². The van der Waals surface area contributed by atoms with Crippen molar-refractivity contribution in [2.24, 2.45) is 5.92 Å². The molecule has 0 radical (unpaired) electrons. The molecule has 5 nitrogen and oxygen atoms in total. The van der Waals surface area contributed by atoms with Crippen molar-refractivity contribution in [1.29, 1.82) is 0 Å². The molecule has 1 heterocycles. The standard InChI is InChI=1S/C16H17Cl2NO4/c17-9-1-2-10(13(18)5-9)11-6-12(11)15(22)19-16(7-14(20)21)3-4-23-8-16/h1-2,5,11-12H,3-4,6-8H2,(H,19,22)(H,20,21). The van der Waals surface area contributed by atoms with E-state index in [1.807, 2.05) is 6.07 Å². The molecule has 7 heteroatoms. The van der Waals surface area contributed by atoms with E-state index in [0.717, 1.165) is 5.56 Å². The van der Waals surface area contributed by atoms with Gasteiger partial charge in [0, 0.05) is 22.6 Å². The van der Waals surface area contributed by atoms with Crippen molar-refractivity contribution in [2.75, 3.05) is 13.2 Å². The predicted molar refractivity (Wildman–Crippen MR) is 85.9 cm³/mol. The van der Waals surface area contributed by atoms with Gasteiger partial charge in [-0.3, -0.25) is 9.59 Å². The number of halogens is 2. The number of carbonyl (C=O) groups is 2. The third-order valence-electron chi connectivity index (χ3n) is 4.47. The number of ether oxygens (including phenoxy) is 1. The summed E-state index contributed by atoms with van der Waals surface area (Å²) >= 11 is 12.1. The van der Waals surface area contributed by atoms with Crippen LogP contribution in [0.5, 0.6) is 0 Å². The van der Waals surface area contributed by atoms with E-state index in [2.05, 4.69) is 5.32 Å². The Morgan fingerprint density at radius 3 is 2.78 bits per heavy atom. The van der Waals surface area contributed by atoms with Crippen molar-refractivity contribution < 1.29 is 19.4 Å². The van der Waals surface area contributed by atoms with Gasteiger partial charge < -0.3 is 15.2 Å². The van der Waals surface area contributed by atoms with Gasteiger partial charge in [-0.05, 0) is 36.5 Å². The van der Waals surface area contributed by atoms with Crippen molar-refractivity contribution in [1.82, 2.24) is 5.32 Å². The summed E-state index contributed by atoms with van der Waals surface area (Å²) in [6.45, 7) is 0.703. The lowest BCUT2D eigenvalue weighted by atomic mass is 9.94. The molecule has 0 aromatic heterocycles. The number of hydrogen-bond acceptors (Lipinski definition) is 3. The van der Waals surface area contributed by atoms with Crippen LogP contribution in [-0.2, 0) is 14.3 Å². The van der Waals surface area contributed by atoms with Crippen LogP contribution >= 0.6 is 23.2 Å². The lowest BCUT2D eigenvalue weighted by Gasteiger charge is -2.27. The van der Waals surface area contributed by atoms with E-state index in [1.54, 1.807) is 12.1 Å². The monoisotopic (exact) mass is 357 g/mol. The molecule has 2 N–H and O–H groups in total. The highest BCUT2D eigenvalue weighted by atomic mass is 35.5. The molecule has 1 amide bonds. The molecular formula is C16H17Cl2NO4. The lowest BCUT2D eigenvalue weighted by Crippen LogP contribution is -2.51. The number of amides is 1. The third-order valence-corrected chi connectivity index (χ3v) is 5.03. The molecule has 1 saturated heterocycles. The topological polar surface area (TPSA) is 75.6 Å². The Balaban J connectivity index is 1.67. The molecule has 3 atom stereocenters. The minimum Gasteiger partial charge on any atom is -0.481 e. The molecule has 1 aromatic rings. The highest BCUT2D eigenvalue weighted by molar-refractivity contribution is 6.35. The summed E-state index contributed by atoms with van der Waals surface area (Å²) in [5.41, 5.74) is 0.117. The van der Waals surface area contributed by atoms with Crippen molar-refractivity contribution in [2.45, 2.75) is 30.7 Å². The van der Waals surface area contributed by atoms with E-state index >= 15 is 0 Å². The Labute approximate surface area is 143 Å². The summed E-state index contributed by atoms with van der Waals surface area (Å²) in [5, 5.41) is 13.1. The van der Waals surface area contributed by atoms with Crippen LogP contribution in [-0.4, -0.2) is 35.7 Å². The first-order valence-electron chi connectivity index (χ1n) is 7.47. The summed E-state index contributed by atoms with van der Waals surface area (Å²) in [7, 11) is 0. The Hall–Kier alpha value is -1.30. The van der Waals surface area contributed by atoms with Gasteiger partial charge in [0.15, 0.2) is 0 Å². The maximum Gasteiger partial charge on any atom is 0.305 e. The largest absolute Gasteiger partial charge is 0.481 e. The molecule has 1 saturated carbocycles. The first-order valence-corrected chi connectivity index (χ1v) is 8.22. The van der Waals surface area contributed by atoms with Crippen LogP contribution in [0.15, 0.2) is 18.2 Å². The fourth-order valence-corrected chi connectivity index (χ4v) is 3.71. The average molecular weight is 358 g/mol. The smallest absolute Gasteiger partial charge is 0.305 e. The number of rotatable bonds is 5. The number of hydrogen-bond donors (Lipinski definition) is 2. The summed E-state index contributed by atoms with van der Waals surface area (Å²) in [6, 6.07) is 5.27. The molecule has 2 aliphatic rings. The molecular weight excluding hydrogens is 341 g/mol. The third kappa shape index (κ3) is 3.62. The van der Waals surface area contributed by atoms with E-state index in [0.29, 0.717) is 29.5 Å². The fraction of sp³-hybridized carbons (Fsp3) is 0.500. The number of aliphatic carboxylic acids is 1. The summed E-state index contributed by atoms with van der Waals surface area (Å²) < 4.78 is 5.29. The number of carboxylic acid groups (broad SMARTS) is 1. The Bertz CT molecular complexity index is 643. The molecule has 1 aliphatic carbocycles. The quantitative estimate of drug-likeness (QED) is 0.849. The first kappa shape index (κ1) is 16.6. The van der Waals surface area contributed by atoms with Gasteiger partial charge in [-0.15, -0.1) is 0 Å². The highest BCUT2D eigenvalue weighted by Crippen LogP contribution is 2.50. The fourth-order valence-electron chi connectivity index (χ4n) is 3.16. The molecule has 1 aromatic carbocycles. The summed E-state index contributed by atoms with van der Waals surface area (Å²) in [6.07, 6.45) is 1.10. The SMILES string of the molecule is O=C(O)CC1(NC(=O)C2CC2c2ccc(Cl)cc2Cl)CCOC1. The van der Waals surface area contributed by atoms with Gasteiger partial charge in [-0.2, -0.15) is 0 Å². The lowest BCUT2D eigenvalue weighted by molar-refractivity contribution is -0.139. The van der Waals surface area contributed by atoms with E-state index in [4.69, 9.17) is 33.0 Å². The zero-order chi connectivity index (χ0) is 16.6. The molecule has 124 valence electrons. The summed E-state index contributed by atoms with van der Waals surface area (Å²) in [5.74, 6) is -1.19. The van der Waals surface area contributed by atoms with Crippen LogP contribution in [0.4, 0.5) is 0 Å². The van der Waals surface area contributed by atoms with Crippen molar-refractivity contribution >= 4 is 35.1 Å². The highest BCUT2D eigenvalue weighted by Gasteiger charge is 2.48. The second kappa shape index (κ2) is 6.30. The van der Waals surface area contributed by atoms with E-state index < -0.39 is 11.5 Å². The normalized spacial score (nSPS) is 29.3. The summed E-state index contributed by atoms with van der Waals surface area (Å²) in [4.78, 5) is 23.5. The van der Waals surface area contributed by atoms with Gasteiger partial charge in [0.25, 0.3) is 0 Å². The van der Waals surface area contributed by atoms with Crippen LogP contribution < -0.4 is 5.32 Å². The maximum atomic E-state index is 12.5. The molecule has 0 bridgehead atoms. The van der Waals surface area contributed by atoms with Crippen LogP contribution in [0.3, 0.4) is 0 Å². The van der Waals surface area contributed by atoms with Gasteiger partial charge in [0.1, 0.15) is 0 Å². The molecule has 3 unspecified atom stereocenters. The van der Waals surface area contributed by atoms with Gasteiger partial charge in [0.2, 0.25) is 5.91 Å². The molecule has 3 rings (SSSR count). The molecule has 2 fully saturated rings. The van der Waals surface area contributed by atoms with Gasteiger partial charge >= 0.3 is 5.97 Å². The van der Waals surface area contributed by atoms with Crippen LogP contribution in [0.1, 0.15) is 30.7 Å². The van der Waals surface area contributed by atoms with Crippen molar-refractivity contribution in [3.05, 3.63) is 33.8 Å². The first-order chi connectivity index (χ1) is 10.9. The molecule has 1 aliphatic heterocycles. The zero-order valence-electron chi connectivity index (χ0n) is 12.4. The van der Waals surface area contributed by atoms with E-state index in [1.165, 1.54) is 0 Å². The molecule has 0 spiro atoms. The Kier molecular flexibility index (Phi) is 4.54. The van der Waals surface area contributed by atoms with Gasteiger partial charge in [-0.25, -0.2) is 0 Å². The number of benzene rings is 1. The maximum absolute atomic E-state index is 12.5. The predicted octanol–water partition coefficient (Wildman–Crippen LogP) is 2.85. The van der Waals surface area contributed by atoms with Crippen LogP contribution in [0.2, 0.25) is 10.0 Å². The minimum absolute atomic E-state index is 0.0592. The Morgan fingerprint density at radius 2 is 2.17 bits per heavy atom. The average Bonchev–Trinajstić information content (AvgIpc) is 3.12.